The van der Waals surface area contributed by atoms with Gasteiger partial charge >= 0.3 is 0 Å². The second-order valence-corrected chi connectivity index (χ2v) is 4.14. The first-order valence-electron chi connectivity index (χ1n) is 6.05. The molecule has 2 aromatic rings. The standard InChI is InChI=1S/C15H15N3O/c1-11(19)17-9-5-4-6-12-10-18-15(16)14-8-3-2-7-13(12)14/h2-3,7-8,10H,5,9H2,1H3,(H2,16,18)(H,17,19). The van der Waals surface area contributed by atoms with E-state index in [1.54, 1.807) is 6.20 Å². The van der Waals surface area contributed by atoms with Crippen LogP contribution < -0.4 is 11.1 Å². The maximum absolute atomic E-state index is 10.7. The average Bonchev–Trinajstić information content (AvgIpc) is 2.41. The van der Waals surface area contributed by atoms with Crippen LogP contribution in [-0.2, 0) is 4.79 Å². The lowest BCUT2D eigenvalue weighted by atomic mass is 10.1. The van der Waals surface area contributed by atoms with Gasteiger partial charge in [-0.1, -0.05) is 36.1 Å². The van der Waals surface area contributed by atoms with Gasteiger partial charge in [0.25, 0.3) is 0 Å². The van der Waals surface area contributed by atoms with Crippen LogP contribution in [0.5, 0.6) is 0 Å². The Balaban J connectivity index is 2.20. The molecular formula is C15H15N3O. The van der Waals surface area contributed by atoms with Gasteiger partial charge in [-0.25, -0.2) is 4.98 Å². The molecule has 1 amide bonds. The quantitative estimate of drug-likeness (QED) is 0.632. The zero-order valence-corrected chi connectivity index (χ0v) is 10.7. The molecule has 1 aromatic heterocycles. The van der Waals surface area contributed by atoms with Gasteiger partial charge in [0.2, 0.25) is 5.91 Å². The number of benzene rings is 1. The number of anilines is 1. The number of amides is 1. The maximum Gasteiger partial charge on any atom is 0.216 e. The number of fused-ring (bicyclic) bond motifs is 1. The second-order valence-electron chi connectivity index (χ2n) is 4.14. The molecule has 1 aromatic carbocycles. The summed E-state index contributed by atoms with van der Waals surface area (Å²) in [7, 11) is 0. The molecule has 0 bridgehead atoms. The average molecular weight is 253 g/mol. The monoisotopic (exact) mass is 253 g/mol. The van der Waals surface area contributed by atoms with Crippen molar-refractivity contribution >= 4 is 22.5 Å². The van der Waals surface area contributed by atoms with Crippen molar-refractivity contribution in [3.8, 4) is 11.8 Å². The van der Waals surface area contributed by atoms with Gasteiger partial charge in [0.05, 0.1) is 5.56 Å². The fourth-order valence-corrected chi connectivity index (χ4v) is 1.77. The third kappa shape index (κ3) is 3.23. The van der Waals surface area contributed by atoms with Crippen molar-refractivity contribution in [1.29, 1.82) is 0 Å². The molecule has 0 saturated carbocycles. The number of carbonyl (C=O) groups excluding carboxylic acids is 1. The highest BCUT2D eigenvalue weighted by atomic mass is 16.1. The summed E-state index contributed by atoms with van der Waals surface area (Å²) in [5.41, 5.74) is 6.68. The summed E-state index contributed by atoms with van der Waals surface area (Å²) in [4.78, 5) is 14.8. The number of nitrogens with zero attached hydrogens (tertiary/aromatic N) is 1. The first kappa shape index (κ1) is 12.9. The molecular weight excluding hydrogens is 238 g/mol. The predicted molar refractivity (Wildman–Crippen MR) is 76.3 cm³/mol. The van der Waals surface area contributed by atoms with Gasteiger partial charge in [-0.3, -0.25) is 4.79 Å². The summed E-state index contributed by atoms with van der Waals surface area (Å²) >= 11 is 0. The Labute approximate surface area is 112 Å². The van der Waals surface area contributed by atoms with E-state index in [-0.39, 0.29) is 5.91 Å². The first-order chi connectivity index (χ1) is 9.18. The minimum absolute atomic E-state index is 0.0404. The van der Waals surface area contributed by atoms with E-state index in [0.29, 0.717) is 18.8 Å². The highest BCUT2D eigenvalue weighted by Gasteiger charge is 2.01. The van der Waals surface area contributed by atoms with E-state index in [9.17, 15) is 4.79 Å². The number of pyridine rings is 1. The normalized spacial score (nSPS) is 9.74. The molecule has 2 rings (SSSR count). The number of hydrogen-bond acceptors (Lipinski definition) is 3. The van der Waals surface area contributed by atoms with Crippen LogP contribution in [0.15, 0.2) is 30.5 Å². The van der Waals surface area contributed by atoms with Gasteiger partial charge in [0.1, 0.15) is 5.82 Å². The van der Waals surface area contributed by atoms with Crippen LogP contribution >= 0.6 is 0 Å². The van der Waals surface area contributed by atoms with Gasteiger partial charge in [-0.2, -0.15) is 0 Å². The smallest absolute Gasteiger partial charge is 0.216 e. The SMILES string of the molecule is CC(=O)NCCC#Cc1cnc(N)c2ccccc12. The Morgan fingerprint density at radius 1 is 1.37 bits per heavy atom. The molecule has 0 aliphatic heterocycles. The van der Waals surface area contributed by atoms with E-state index in [1.807, 2.05) is 24.3 Å². The Morgan fingerprint density at radius 2 is 2.11 bits per heavy atom. The molecule has 3 N–H and O–H groups in total. The van der Waals surface area contributed by atoms with Crippen LogP contribution in [0, 0.1) is 11.8 Å². The molecule has 1 heterocycles. The lowest BCUT2D eigenvalue weighted by Crippen LogP contribution is -2.20. The van der Waals surface area contributed by atoms with Crippen molar-refractivity contribution in [2.45, 2.75) is 13.3 Å². The van der Waals surface area contributed by atoms with E-state index in [1.165, 1.54) is 6.92 Å². The largest absolute Gasteiger partial charge is 0.383 e. The third-order valence-corrected chi connectivity index (χ3v) is 2.67. The molecule has 4 heteroatoms. The summed E-state index contributed by atoms with van der Waals surface area (Å²) < 4.78 is 0. The van der Waals surface area contributed by atoms with Gasteiger partial charge in [-0.05, 0) is 0 Å². The van der Waals surface area contributed by atoms with Crippen LogP contribution in [0.3, 0.4) is 0 Å². The highest BCUT2D eigenvalue weighted by molar-refractivity contribution is 5.94. The number of carbonyl (C=O) groups is 1. The van der Waals surface area contributed by atoms with Crippen molar-refractivity contribution in [3.05, 3.63) is 36.0 Å². The van der Waals surface area contributed by atoms with Crippen LogP contribution in [-0.4, -0.2) is 17.4 Å². The molecule has 96 valence electrons. The second kappa shape index (κ2) is 5.87. The Kier molecular flexibility index (Phi) is 3.99. The lowest BCUT2D eigenvalue weighted by molar-refractivity contribution is -0.118. The fraction of sp³-hybridized carbons (Fsp3) is 0.200. The summed E-state index contributed by atoms with van der Waals surface area (Å²) in [5.74, 6) is 6.57. The zero-order chi connectivity index (χ0) is 13.7. The molecule has 0 atom stereocenters. The Hall–Kier alpha value is -2.54. The molecule has 0 aliphatic carbocycles. The van der Waals surface area contributed by atoms with Crippen molar-refractivity contribution in [3.63, 3.8) is 0 Å². The van der Waals surface area contributed by atoms with E-state index in [4.69, 9.17) is 5.73 Å². The minimum atomic E-state index is -0.0404. The first-order valence-corrected chi connectivity index (χ1v) is 6.05. The molecule has 0 aliphatic rings. The third-order valence-electron chi connectivity index (χ3n) is 2.67. The predicted octanol–water partition coefficient (Wildman–Crippen LogP) is 1.69. The summed E-state index contributed by atoms with van der Waals surface area (Å²) in [5, 5.41) is 4.62. The molecule has 0 spiro atoms. The molecule has 0 fully saturated rings. The minimum Gasteiger partial charge on any atom is -0.383 e. The van der Waals surface area contributed by atoms with E-state index in [0.717, 1.165) is 16.3 Å². The van der Waals surface area contributed by atoms with Crippen LogP contribution in [0.25, 0.3) is 10.8 Å². The number of nitrogen functional groups attached to an aromatic ring is 1. The van der Waals surface area contributed by atoms with Gasteiger partial charge in [0, 0.05) is 36.9 Å². The van der Waals surface area contributed by atoms with Gasteiger partial charge in [-0.15, -0.1) is 0 Å². The Bertz CT molecular complexity index is 668. The maximum atomic E-state index is 10.7. The number of hydrogen-bond donors (Lipinski definition) is 2. The molecule has 0 unspecified atom stereocenters. The topological polar surface area (TPSA) is 68.0 Å². The summed E-state index contributed by atoms with van der Waals surface area (Å²) in [6.45, 7) is 2.05. The fourth-order valence-electron chi connectivity index (χ4n) is 1.77. The van der Waals surface area contributed by atoms with Crippen molar-refractivity contribution in [2.24, 2.45) is 0 Å². The van der Waals surface area contributed by atoms with Crippen molar-refractivity contribution in [1.82, 2.24) is 10.3 Å². The number of aromatic nitrogens is 1. The van der Waals surface area contributed by atoms with Gasteiger partial charge in [0.15, 0.2) is 0 Å². The Morgan fingerprint density at radius 3 is 2.84 bits per heavy atom. The summed E-state index contributed by atoms with van der Waals surface area (Å²) in [6.07, 6.45) is 2.29. The van der Waals surface area contributed by atoms with Crippen molar-refractivity contribution < 1.29 is 4.79 Å². The van der Waals surface area contributed by atoms with Crippen LogP contribution in [0.2, 0.25) is 0 Å². The molecule has 19 heavy (non-hydrogen) atoms. The van der Waals surface area contributed by atoms with E-state index in [2.05, 4.69) is 22.1 Å². The number of rotatable bonds is 2. The highest BCUT2D eigenvalue weighted by Crippen LogP contribution is 2.21. The lowest BCUT2D eigenvalue weighted by Gasteiger charge is -2.02. The van der Waals surface area contributed by atoms with Gasteiger partial charge < -0.3 is 11.1 Å². The van der Waals surface area contributed by atoms with E-state index >= 15 is 0 Å². The zero-order valence-electron chi connectivity index (χ0n) is 10.7. The van der Waals surface area contributed by atoms with E-state index < -0.39 is 0 Å². The number of nitrogens with two attached hydrogens (primary N) is 1. The molecule has 0 saturated heterocycles. The summed E-state index contributed by atoms with van der Waals surface area (Å²) in [6, 6.07) is 7.78. The van der Waals surface area contributed by atoms with Crippen LogP contribution in [0.1, 0.15) is 18.9 Å². The molecule has 0 radical (unpaired) electrons. The van der Waals surface area contributed by atoms with Crippen LogP contribution in [0.4, 0.5) is 5.82 Å². The molecule has 4 nitrogen and oxygen atoms in total. The number of nitrogens with one attached hydrogen (secondary N) is 1. The van der Waals surface area contributed by atoms with Crippen molar-refractivity contribution in [2.75, 3.05) is 12.3 Å².